The number of benzene rings is 2. The van der Waals surface area contributed by atoms with E-state index in [-0.39, 0.29) is 17.7 Å². The van der Waals surface area contributed by atoms with Gasteiger partial charge >= 0.3 is 0 Å². The van der Waals surface area contributed by atoms with Gasteiger partial charge in [-0.15, -0.1) is 10.2 Å². The molecule has 8 heteroatoms. The molecule has 1 aromatic heterocycles. The van der Waals surface area contributed by atoms with Crippen LogP contribution in [0.2, 0.25) is 0 Å². The number of carbonyl (C=O) groups is 2. The highest BCUT2D eigenvalue weighted by atomic mass is 32.1. The van der Waals surface area contributed by atoms with Crippen molar-refractivity contribution in [2.24, 2.45) is 0 Å². The zero-order valence-electron chi connectivity index (χ0n) is 17.7. The van der Waals surface area contributed by atoms with Gasteiger partial charge in [0, 0.05) is 24.6 Å². The zero-order chi connectivity index (χ0) is 22.0. The maximum absolute atomic E-state index is 12.7. The Hall–Kier alpha value is -3.26. The second kappa shape index (κ2) is 8.85. The van der Waals surface area contributed by atoms with Gasteiger partial charge in [-0.3, -0.25) is 14.9 Å². The van der Waals surface area contributed by atoms with Crippen LogP contribution < -0.4 is 15.0 Å². The number of para-hydroxylation sites is 1. The number of hydrogen-bond acceptors (Lipinski definition) is 6. The van der Waals surface area contributed by atoms with Crippen molar-refractivity contribution >= 4 is 34.0 Å². The summed E-state index contributed by atoms with van der Waals surface area (Å²) in [6.45, 7) is 6.99. The van der Waals surface area contributed by atoms with Crippen LogP contribution in [0.5, 0.6) is 5.75 Å². The summed E-state index contributed by atoms with van der Waals surface area (Å²) in [5.74, 6) is 0.247. The van der Waals surface area contributed by atoms with Crippen molar-refractivity contribution in [2.75, 3.05) is 23.4 Å². The second-order valence-electron chi connectivity index (χ2n) is 7.50. The van der Waals surface area contributed by atoms with Crippen LogP contribution in [0.25, 0.3) is 0 Å². The SMILES string of the molecule is CCOc1ccccc1C(=O)Nc1nnc([C@@H]2CC(=O)N(c3ccc(C)c(C)c3)C2)s1. The first-order chi connectivity index (χ1) is 15.0. The van der Waals surface area contributed by atoms with Crippen molar-refractivity contribution in [3.63, 3.8) is 0 Å². The molecule has 0 aliphatic carbocycles. The highest BCUT2D eigenvalue weighted by molar-refractivity contribution is 7.15. The minimum atomic E-state index is -0.300. The van der Waals surface area contributed by atoms with Crippen molar-refractivity contribution < 1.29 is 14.3 Å². The van der Waals surface area contributed by atoms with Crippen molar-refractivity contribution in [3.8, 4) is 5.75 Å². The molecule has 0 bridgehead atoms. The Balaban J connectivity index is 1.46. The highest BCUT2D eigenvalue weighted by Crippen LogP contribution is 2.35. The molecule has 1 atom stereocenters. The van der Waals surface area contributed by atoms with Crippen LogP contribution in [-0.4, -0.2) is 35.2 Å². The molecule has 0 unspecified atom stereocenters. The molecule has 0 radical (unpaired) electrons. The lowest BCUT2D eigenvalue weighted by Crippen LogP contribution is -2.24. The van der Waals surface area contributed by atoms with Crippen molar-refractivity contribution in [2.45, 2.75) is 33.1 Å². The summed E-state index contributed by atoms with van der Waals surface area (Å²) in [5, 5.41) is 12.3. The van der Waals surface area contributed by atoms with Gasteiger partial charge in [0.05, 0.1) is 12.2 Å². The summed E-state index contributed by atoms with van der Waals surface area (Å²) in [5.41, 5.74) is 3.70. The lowest BCUT2D eigenvalue weighted by atomic mass is 10.1. The summed E-state index contributed by atoms with van der Waals surface area (Å²) >= 11 is 1.30. The molecular formula is C23H24N4O3S. The van der Waals surface area contributed by atoms with Crippen LogP contribution in [0, 0.1) is 13.8 Å². The lowest BCUT2D eigenvalue weighted by Gasteiger charge is -2.17. The third-order valence-corrected chi connectivity index (χ3v) is 6.37. The zero-order valence-corrected chi connectivity index (χ0v) is 18.5. The Morgan fingerprint density at radius 3 is 2.77 bits per heavy atom. The average Bonchev–Trinajstić information content (AvgIpc) is 3.37. The summed E-state index contributed by atoms with van der Waals surface area (Å²) < 4.78 is 5.53. The fourth-order valence-electron chi connectivity index (χ4n) is 3.57. The number of hydrogen-bond donors (Lipinski definition) is 1. The third-order valence-electron chi connectivity index (χ3n) is 5.37. The van der Waals surface area contributed by atoms with E-state index in [2.05, 4.69) is 22.4 Å². The van der Waals surface area contributed by atoms with Gasteiger partial charge in [-0.25, -0.2) is 0 Å². The van der Waals surface area contributed by atoms with Crippen LogP contribution in [-0.2, 0) is 4.79 Å². The molecule has 160 valence electrons. The minimum Gasteiger partial charge on any atom is -0.493 e. The molecule has 31 heavy (non-hydrogen) atoms. The average molecular weight is 437 g/mol. The van der Waals surface area contributed by atoms with Gasteiger partial charge in [-0.2, -0.15) is 0 Å². The molecule has 0 spiro atoms. The molecule has 3 aromatic rings. The summed E-state index contributed by atoms with van der Waals surface area (Å²) in [4.78, 5) is 27.1. The van der Waals surface area contributed by atoms with Gasteiger partial charge in [0.1, 0.15) is 10.8 Å². The van der Waals surface area contributed by atoms with Crippen LogP contribution in [0.3, 0.4) is 0 Å². The van der Waals surface area contributed by atoms with E-state index in [1.54, 1.807) is 23.1 Å². The number of amides is 2. The van der Waals surface area contributed by atoms with E-state index in [1.165, 1.54) is 16.9 Å². The Kier molecular flexibility index (Phi) is 5.99. The quantitative estimate of drug-likeness (QED) is 0.622. The van der Waals surface area contributed by atoms with E-state index < -0.39 is 0 Å². The molecule has 4 rings (SSSR count). The first-order valence-electron chi connectivity index (χ1n) is 10.2. The topological polar surface area (TPSA) is 84.4 Å². The number of nitrogens with zero attached hydrogens (tertiary/aromatic N) is 3. The largest absolute Gasteiger partial charge is 0.493 e. The predicted octanol–water partition coefficient (Wildman–Crippen LogP) is 4.33. The monoisotopic (exact) mass is 436 g/mol. The molecule has 1 N–H and O–H groups in total. The molecule has 7 nitrogen and oxygen atoms in total. The molecule has 2 heterocycles. The lowest BCUT2D eigenvalue weighted by molar-refractivity contribution is -0.117. The molecule has 1 fully saturated rings. The standard InChI is InChI=1S/C23H24N4O3S/c1-4-30-19-8-6-5-7-18(19)21(29)24-23-26-25-22(31-23)16-12-20(28)27(13-16)17-10-9-14(2)15(3)11-17/h5-11,16H,4,12-13H2,1-3H3,(H,24,26,29)/t16-/m1/s1. The van der Waals surface area contributed by atoms with E-state index in [0.29, 0.717) is 36.0 Å². The number of anilines is 2. The van der Waals surface area contributed by atoms with E-state index in [4.69, 9.17) is 4.74 Å². The number of aryl methyl sites for hydroxylation is 2. The molecule has 1 aliphatic heterocycles. The van der Waals surface area contributed by atoms with Crippen molar-refractivity contribution in [1.29, 1.82) is 0 Å². The Morgan fingerprint density at radius 2 is 2.00 bits per heavy atom. The molecule has 1 aliphatic rings. The Bertz CT molecular complexity index is 1130. The number of nitrogens with one attached hydrogen (secondary N) is 1. The van der Waals surface area contributed by atoms with Gasteiger partial charge < -0.3 is 9.64 Å². The maximum Gasteiger partial charge on any atom is 0.261 e. The van der Waals surface area contributed by atoms with E-state index in [1.807, 2.05) is 38.1 Å². The van der Waals surface area contributed by atoms with Crippen LogP contribution >= 0.6 is 11.3 Å². The number of carbonyl (C=O) groups excluding carboxylic acids is 2. The van der Waals surface area contributed by atoms with Gasteiger partial charge in [0.15, 0.2) is 0 Å². The maximum atomic E-state index is 12.7. The number of rotatable bonds is 6. The van der Waals surface area contributed by atoms with E-state index in [9.17, 15) is 9.59 Å². The summed E-state index contributed by atoms with van der Waals surface area (Å²) in [6, 6.07) is 13.1. The fourth-order valence-corrected chi connectivity index (χ4v) is 4.40. The van der Waals surface area contributed by atoms with Gasteiger partial charge in [0.25, 0.3) is 5.91 Å². The fraction of sp³-hybridized carbons (Fsp3) is 0.304. The number of ether oxygens (including phenoxy) is 1. The third kappa shape index (κ3) is 4.44. The molecule has 1 saturated heterocycles. The summed E-state index contributed by atoms with van der Waals surface area (Å²) in [6.07, 6.45) is 0.378. The van der Waals surface area contributed by atoms with Crippen LogP contribution in [0.15, 0.2) is 42.5 Å². The number of aromatic nitrogens is 2. The second-order valence-corrected chi connectivity index (χ2v) is 8.51. The molecule has 2 aromatic carbocycles. The van der Waals surface area contributed by atoms with Gasteiger partial charge in [0.2, 0.25) is 11.0 Å². The molecule has 0 saturated carbocycles. The molecule has 2 amide bonds. The Morgan fingerprint density at radius 1 is 1.19 bits per heavy atom. The normalized spacial score (nSPS) is 15.9. The van der Waals surface area contributed by atoms with Crippen LogP contribution in [0.4, 0.5) is 10.8 Å². The highest BCUT2D eigenvalue weighted by Gasteiger charge is 2.34. The minimum absolute atomic E-state index is 0.0482. The first-order valence-corrected chi connectivity index (χ1v) is 11.0. The van der Waals surface area contributed by atoms with Gasteiger partial charge in [-0.05, 0) is 56.2 Å². The predicted molar refractivity (Wildman–Crippen MR) is 121 cm³/mol. The van der Waals surface area contributed by atoms with Crippen LogP contribution in [0.1, 0.15) is 45.8 Å². The smallest absolute Gasteiger partial charge is 0.261 e. The first kappa shape index (κ1) is 21.0. The summed E-state index contributed by atoms with van der Waals surface area (Å²) in [7, 11) is 0. The molecular weight excluding hydrogens is 412 g/mol. The van der Waals surface area contributed by atoms with Gasteiger partial charge in [-0.1, -0.05) is 29.5 Å². The van der Waals surface area contributed by atoms with E-state index >= 15 is 0 Å². The Labute approximate surface area is 185 Å². The van der Waals surface area contributed by atoms with Crippen molar-refractivity contribution in [1.82, 2.24) is 10.2 Å². The van der Waals surface area contributed by atoms with E-state index in [0.717, 1.165) is 16.3 Å². The van der Waals surface area contributed by atoms with Crippen molar-refractivity contribution in [3.05, 3.63) is 64.2 Å².